The number of sulfonamides is 1. The number of pyridine rings is 1. The Labute approximate surface area is 242 Å². The average molecular weight is 598 g/mol. The lowest BCUT2D eigenvalue weighted by atomic mass is 10.0. The van der Waals surface area contributed by atoms with E-state index in [1.807, 2.05) is 13.8 Å². The summed E-state index contributed by atoms with van der Waals surface area (Å²) < 4.78 is 50.5. The van der Waals surface area contributed by atoms with Gasteiger partial charge in [0.25, 0.3) is 0 Å². The topological polar surface area (TPSA) is 171 Å². The van der Waals surface area contributed by atoms with Crippen LogP contribution in [0, 0.1) is 0 Å². The smallest absolute Gasteiger partial charge is 0.335 e. The van der Waals surface area contributed by atoms with Gasteiger partial charge < -0.3 is 29.4 Å². The van der Waals surface area contributed by atoms with Gasteiger partial charge in [0.1, 0.15) is 10.6 Å². The van der Waals surface area contributed by atoms with Crippen molar-refractivity contribution in [2.45, 2.75) is 24.8 Å². The highest BCUT2D eigenvalue weighted by Gasteiger charge is 2.23. The molecule has 4 aromatic rings. The molecule has 4 rings (SSSR count). The van der Waals surface area contributed by atoms with E-state index in [-0.39, 0.29) is 47.3 Å². The van der Waals surface area contributed by atoms with E-state index >= 15 is 0 Å². The van der Waals surface area contributed by atoms with Gasteiger partial charge in [-0.05, 0) is 37.6 Å². The summed E-state index contributed by atoms with van der Waals surface area (Å²) in [6.45, 7) is 3.82. The molecular formula is C28H31N5O8S. The Morgan fingerprint density at radius 2 is 1.81 bits per heavy atom. The first-order valence-electron chi connectivity index (χ1n) is 12.7. The highest BCUT2D eigenvalue weighted by Crippen LogP contribution is 2.37. The van der Waals surface area contributed by atoms with E-state index in [9.17, 15) is 18.3 Å². The number of aromatic carboxylic acids is 1. The summed E-state index contributed by atoms with van der Waals surface area (Å²) in [5, 5.41) is 13.3. The number of hydrogen-bond donors (Lipinski definition) is 3. The number of methoxy groups -OCH3 is 3. The molecule has 0 amide bonds. The maximum Gasteiger partial charge on any atom is 0.335 e. The SMILES string of the molecule is COCCNS(=O)(=O)c1cnc2cc(-c3cnc(OC)nc3OC)ccc2c1Nc1cc(OC(C)C)cc(C(=O)O)c1. The lowest BCUT2D eigenvalue weighted by Crippen LogP contribution is -2.28. The molecule has 0 saturated heterocycles. The van der Waals surface area contributed by atoms with E-state index in [2.05, 4.69) is 25.0 Å². The summed E-state index contributed by atoms with van der Waals surface area (Å²) in [4.78, 5) is 24.5. The van der Waals surface area contributed by atoms with Crippen LogP contribution in [-0.4, -0.2) is 75.0 Å². The molecule has 3 N–H and O–H groups in total. The summed E-state index contributed by atoms with van der Waals surface area (Å²) in [5.41, 5.74) is 2.13. The van der Waals surface area contributed by atoms with Crippen LogP contribution >= 0.6 is 0 Å². The zero-order chi connectivity index (χ0) is 30.4. The first-order chi connectivity index (χ1) is 20.1. The molecule has 0 saturated carbocycles. The summed E-state index contributed by atoms with van der Waals surface area (Å²) in [5.74, 6) is -0.576. The maximum absolute atomic E-state index is 13.4. The first-order valence-corrected chi connectivity index (χ1v) is 14.2. The van der Waals surface area contributed by atoms with Crippen LogP contribution in [0.1, 0.15) is 24.2 Å². The molecule has 2 heterocycles. The second-order valence-electron chi connectivity index (χ2n) is 9.24. The first kappa shape index (κ1) is 30.4. The molecule has 14 heteroatoms. The summed E-state index contributed by atoms with van der Waals surface area (Å²) in [6, 6.07) is 9.72. The maximum atomic E-state index is 13.4. The van der Waals surface area contributed by atoms with Crippen molar-refractivity contribution in [1.82, 2.24) is 19.7 Å². The molecule has 0 bridgehead atoms. The van der Waals surface area contributed by atoms with E-state index in [0.717, 1.165) is 0 Å². The summed E-state index contributed by atoms with van der Waals surface area (Å²) in [7, 11) is 0.319. The Morgan fingerprint density at radius 1 is 1.02 bits per heavy atom. The number of nitrogens with zero attached hydrogens (tertiary/aromatic N) is 3. The van der Waals surface area contributed by atoms with Gasteiger partial charge in [-0.15, -0.1) is 0 Å². The number of carbonyl (C=O) groups is 1. The van der Waals surface area contributed by atoms with Crippen LogP contribution in [-0.2, 0) is 14.8 Å². The van der Waals surface area contributed by atoms with Crippen LogP contribution < -0.4 is 24.2 Å². The van der Waals surface area contributed by atoms with Gasteiger partial charge in [-0.2, -0.15) is 4.98 Å². The van der Waals surface area contributed by atoms with E-state index in [1.165, 1.54) is 39.7 Å². The van der Waals surface area contributed by atoms with Gasteiger partial charge in [-0.3, -0.25) is 4.98 Å². The Bertz CT molecular complexity index is 1710. The fourth-order valence-corrected chi connectivity index (χ4v) is 5.24. The van der Waals surface area contributed by atoms with Crippen molar-refractivity contribution in [1.29, 1.82) is 0 Å². The molecule has 0 unspecified atom stereocenters. The normalized spacial score (nSPS) is 11.5. The number of carboxylic acids is 1. The zero-order valence-corrected chi connectivity index (χ0v) is 24.5. The second kappa shape index (κ2) is 13.0. The van der Waals surface area contributed by atoms with Crippen molar-refractivity contribution >= 4 is 38.3 Å². The van der Waals surface area contributed by atoms with E-state index in [1.54, 1.807) is 30.5 Å². The van der Waals surface area contributed by atoms with Crippen molar-refractivity contribution in [2.75, 3.05) is 39.8 Å². The van der Waals surface area contributed by atoms with Crippen LogP contribution in [0.3, 0.4) is 0 Å². The third-order valence-corrected chi connectivity index (χ3v) is 7.41. The number of benzene rings is 2. The average Bonchev–Trinajstić information content (AvgIpc) is 2.96. The largest absolute Gasteiger partial charge is 0.491 e. The van der Waals surface area contributed by atoms with Gasteiger partial charge in [0.15, 0.2) is 0 Å². The minimum atomic E-state index is -4.07. The lowest BCUT2D eigenvalue weighted by Gasteiger charge is -2.18. The number of nitrogens with one attached hydrogen (secondary N) is 2. The minimum Gasteiger partial charge on any atom is -0.491 e. The molecule has 42 heavy (non-hydrogen) atoms. The van der Waals surface area contributed by atoms with Crippen molar-refractivity contribution in [3.63, 3.8) is 0 Å². The third kappa shape index (κ3) is 6.84. The van der Waals surface area contributed by atoms with Gasteiger partial charge in [0.05, 0.1) is 49.3 Å². The number of carboxylic acid groups (broad SMARTS) is 1. The number of ether oxygens (including phenoxy) is 4. The van der Waals surface area contributed by atoms with Gasteiger partial charge in [0, 0.05) is 43.2 Å². The summed E-state index contributed by atoms with van der Waals surface area (Å²) >= 11 is 0. The van der Waals surface area contributed by atoms with E-state index in [0.29, 0.717) is 33.5 Å². The molecule has 0 radical (unpaired) electrons. The second-order valence-corrected chi connectivity index (χ2v) is 11.0. The molecule has 0 spiro atoms. The fourth-order valence-electron chi connectivity index (χ4n) is 4.11. The van der Waals surface area contributed by atoms with Gasteiger partial charge in [-0.25, -0.2) is 22.9 Å². The monoisotopic (exact) mass is 597 g/mol. The van der Waals surface area contributed by atoms with Crippen molar-refractivity contribution in [3.8, 4) is 28.8 Å². The Hall–Kier alpha value is -4.53. The molecule has 0 aliphatic carbocycles. The van der Waals surface area contributed by atoms with Crippen LogP contribution in [0.2, 0.25) is 0 Å². The number of hydrogen-bond acceptors (Lipinski definition) is 11. The fraction of sp³-hybridized carbons (Fsp3) is 0.286. The van der Waals surface area contributed by atoms with Crippen LogP contribution in [0.5, 0.6) is 17.6 Å². The number of rotatable bonds is 13. The Balaban J connectivity index is 1.89. The standard InChI is InChI=1S/C28H31N5O8S/c1-16(2)41-20-11-18(27(34)35)10-19(13-20)32-25-21-7-6-17(22-14-30-28(40-5)33-26(22)39-4)12-23(21)29-15-24(25)42(36,37)31-8-9-38-3/h6-7,10-16,31H,8-9H2,1-5H3,(H,29,32)(H,34,35). The predicted octanol–water partition coefficient (Wildman–Crippen LogP) is 3.86. The Morgan fingerprint density at radius 3 is 2.48 bits per heavy atom. The van der Waals surface area contributed by atoms with Gasteiger partial charge >= 0.3 is 12.0 Å². The highest BCUT2D eigenvalue weighted by atomic mass is 32.2. The highest BCUT2D eigenvalue weighted by molar-refractivity contribution is 7.89. The predicted molar refractivity (Wildman–Crippen MR) is 155 cm³/mol. The van der Waals surface area contributed by atoms with Crippen molar-refractivity contribution in [2.24, 2.45) is 0 Å². The van der Waals surface area contributed by atoms with Gasteiger partial charge in [0.2, 0.25) is 15.9 Å². The molecule has 13 nitrogen and oxygen atoms in total. The van der Waals surface area contributed by atoms with Crippen molar-refractivity contribution < 1.29 is 37.3 Å². The molecule has 0 aliphatic rings. The Kier molecular flexibility index (Phi) is 9.40. The molecule has 2 aromatic carbocycles. The molecule has 0 fully saturated rings. The number of anilines is 2. The number of fused-ring (bicyclic) bond motifs is 1. The zero-order valence-electron chi connectivity index (χ0n) is 23.7. The molecule has 2 aromatic heterocycles. The van der Waals surface area contributed by atoms with E-state index < -0.39 is 16.0 Å². The number of aromatic nitrogens is 3. The van der Waals surface area contributed by atoms with Crippen LogP contribution in [0.25, 0.3) is 22.0 Å². The quantitative estimate of drug-likeness (QED) is 0.190. The minimum absolute atomic E-state index is 0.0351. The van der Waals surface area contributed by atoms with Crippen molar-refractivity contribution in [3.05, 3.63) is 54.4 Å². The third-order valence-electron chi connectivity index (χ3n) is 5.94. The molecular weight excluding hydrogens is 566 g/mol. The van der Waals surface area contributed by atoms with Crippen LogP contribution in [0.4, 0.5) is 11.4 Å². The molecule has 0 atom stereocenters. The molecule has 0 aliphatic heterocycles. The lowest BCUT2D eigenvalue weighted by molar-refractivity contribution is 0.0696. The molecule has 222 valence electrons. The van der Waals surface area contributed by atoms with E-state index in [4.69, 9.17) is 18.9 Å². The van der Waals surface area contributed by atoms with Crippen LogP contribution in [0.15, 0.2) is 53.7 Å². The van der Waals surface area contributed by atoms with Gasteiger partial charge in [-0.1, -0.05) is 12.1 Å². The summed E-state index contributed by atoms with van der Waals surface area (Å²) in [6.07, 6.45) is 2.57.